The van der Waals surface area contributed by atoms with Gasteiger partial charge in [-0.1, -0.05) is 18.2 Å². The minimum absolute atomic E-state index is 0.0266. The summed E-state index contributed by atoms with van der Waals surface area (Å²) in [5.74, 6) is -2.15. The lowest BCUT2D eigenvalue weighted by atomic mass is 9.86. The van der Waals surface area contributed by atoms with Crippen LogP contribution in [-0.2, 0) is 4.79 Å². The topological polar surface area (TPSA) is 110 Å². The Morgan fingerprint density at radius 2 is 1.62 bits per heavy atom. The van der Waals surface area contributed by atoms with E-state index in [9.17, 15) is 28.9 Å². The SMILES string of the molecule is COc1cccc(N2C(=O)C(N3C(=O)c4ccc([N+](=O)[O-])cc4C3=O)C2c2cccc(F)c2)c1. The third-order valence-corrected chi connectivity index (χ3v) is 5.98. The Hall–Kier alpha value is -4.60. The summed E-state index contributed by atoms with van der Waals surface area (Å²) < 4.78 is 19.3. The maximum Gasteiger partial charge on any atom is 0.270 e. The molecule has 2 unspecified atom stereocenters. The van der Waals surface area contributed by atoms with Crippen LogP contribution in [0, 0.1) is 15.9 Å². The first-order valence-electron chi connectivity index (χ1n) is 10.2. The third kappa shape index (κ3) is 3.11. The normalized spacial score (nSPS) is 19.2. The second kappa shape index (κ2) is 7.77. The molecule has 2 heterocycles. The molecule has 1 fully saturated rings. The molecule has 0 radical (unpaired) electrons. The van der Waals surface area contributed by atoms with Crippen LogP contribution < -0.4 is 9.64 Å². The van der Waals surface area contributed by atoms with E-state index in [1.165, 1.54) is 36.3 Å². The van der Waals surface area contributed by atoms with Crippen LogP contribution in [0.1, 0.15) is 32.3 Å². The average molecular weight is 461 g/mol. The predicted molar refractivity (Wildman–Crippen MR) is 117 cm³/mol. The van der Waals surface area contributed by atoms with E-state index < -0.39 is 40.5 Å². The number of methoxy groups -OCH3 is 1. The Morgan fingerprint density at radius 3 is 2.32 bits per heavy atom. The van der Waals surface area contributed by atoms with Gasteiger partial charge in [-0.15, -0.1) is 0 Å². The van der Waals surface area contributed by atoms with Gasteiger partial charge in [0.2, 0.25) is 0 Å². The van der Waals surface area contributed by atoms with Crippen molar-refractivity contribution in [1.82, 2.24) is 4.90 Å². The standard InChI is InChI=1S/C24H16FN3O6/c1-34-17-7-3-6-15(11-17)26-20(13-4-2-5-14(25)10-13)21(24(26)31)27-22(29)18-9-8-16(28(32)33)12-19(18)23(27)30/h2-12,20-21H,1H3. The Balaban J connectivity index is 1.59. The first-order chi connectivity index (χ1) is 16.3. The molecule has 10 heteroatoms. The first-order valence-corrected chi connectivity index (χ1v) is 10.2. The Kier molecular flexibility index (Phi) is 4.85. The van der Waals surface area contributed by atoms with Crippen LogP contribution in [0.25, 0.3) is 0 Å². The number of hydrogen-bond donors (Lipinski definition) is 0. The summed E-state index contributed by atoms with van der Waals surface area (Å²) in [4.78, 5) is 52.3. The summed E-state index contributed by atoms with van der Waals surface area (Å²) in [6, 6.07) is 13.4. The molecule has 0 spiro atoms. The predicted octanol–water partition coefficient (Wildman–Crippen LogP) is 3.50. The number of nitro groups is 1. The number of ether oxygens (including phenoxy) is 1. The van der Waals surface area contributed by atoms with Crippen molar-refractivity contribution in [3.8, 4) is 5.75 Å². The number of imide groups is 1. The van der Waals surface area contributed by atoms with Gasteiger partial charge in [0.15, 0.2) is 0 Å². The maximum atomic E-state index is 14.1. The molecule has 9 nitrogen and oxygen atoms in total. The van der Waals surface area contributed by atoms with Crippen molar-refractivity contribution in [2.45, 2.75) is 12.1 Å². The Bertz CT molecular complexity index is 1390. The van der Waals surface area contributed by atoms with E-state index in [1.54, 1.807) is 30.3 Å². The summed E-state index contributed by atoms with van der Waals surface area (Å²) >= 11 is 0. The zero-order valence-electron chi connectivity index (χ0n) is 17.7. The van der Waals surface area contributed by atoms with Crippen LogP contribution >= 0.6 is 0 Å². The number of nitrogens with zero attached hydrogens (tertiary/aromatic N) is 3. The molecule has 0 saturated carbocycles. The average Bonchev–Trinajstić information content (AvgIpc) is 3.07. The third-order valence-electron chi connectivity index (χ3n) is 5.98. The Labute approximate surface area is 192 Å². The van der Waals surface area contributed by atoms with Gasteiger partial charge in [-0.3, -0.25) is 29.4 Å². The minimum atomic E-state index is -1.25. The highest BCUT2D eigenvalue weighted by molar-refractivity contribution is 6.25. The van der Waals surface area contributed by atoms with Gasteiger partial charge in [-0.25, -0.2) is 4.39 Å². The molecule has 3 amide bonds. The number of fused-ring (bicyclic) bond motifs is 1. The van der Waals surface area contributed by atoms with Gasteiger partial charge in [0, 0.05) is 23.9 Å². The van der Waals surface area contributed by atoms with E-state index in [4.69, 9.17) is 4.74 Å². The fourth-order valence-electron chi connectivity index (χ4n) is 4.41. The van der Waals surface area contributed by atoms with Crippen LogP contribution in [-0.4, -0.2) is 40.7 Å². The molecule has 2 aliphatic rings. The number of non-ortho nitro benzene ring substituents is 1. The van der Waals surface area contributed by atoms with Crippen LogP contribution in [0.2, 0.25) is 0 Å². The molecule has 1 saturated heterocycles. The van der Waals surface area contributed by atoms with Crippen molar-refractivity contribution < 1.29 is 28.4 Å². The molecule has 0 N–H and O–H groups in total. The molecule has 3 aromatic carbocycles. The second-order valence-corrected chi connectivity index (χ2v) is 7.82. The number of carbonyl (C=O) groups excluding carboxylic acids is 3. The van der Waals surface area contributed by atoms with Crippen molar-refractivity contribution >= 4 is 29.1 Å². The first kappa shape index (κ1) is 21.3. The van der Waals surface area contributed by atoms with Gasteiger partial charge in [-0.2, -0.15) is 0 Å². The molecule has 3 aromatic rings. The number of benzene rings is 3. The van der Waals surface area contributed by atoms with Crippen LogP contribution in [0.4, 0.5) is 15.8 Å². The van der Waals surface area contributed by atoms with Crippen molar-refractivity contribution in [2.75, 3.05) is 12.0 Å². The molecule has 2 aliphatic heterocycles. The van der Waals surface area contributed by atoms with Crippen LogP contribution in [0.5, 0.6) is 5.75 Å². The summed E-state index contributed by atoms with van der Waals surface area (Å²) in [6.07, 6.45) is 0. The quantitative estimate of drug-likeness (QED) is 0.249. The summed E-state index contributed by atoms with van der Waals surface area (Å²) in [5, 5.41) is 11.1. The van der Waals surface area contributed by atoms with Crippen molar-refractivity contribution in [3.63, 3.8) is 0 Å². The van der Waals surface area contributed by atoms with Gasteiger partial charge >= 0.3 is 0 Å². The van der Waals surface area contributed by atoms with Gasteiger partial charge in [-0.05, 0) is 35.9 Å². The molecule has 0 bridgehead atoms. The smallest absolute Gasteiger partial charge is 0.270 e. The molecule has 2 atom stereocenters. The van der Waals surface area contributed by atoms with Crippen molar-refractivity contribution in [1.29, 1.82) is 0 Å². The Morgan fingerprint density at radius 1 is 0.882 bits per heavy atom. The number of nitro benzene ring substituents is 1. The van der Waals surface area contributed by atoms with Gasteiger partial charge in [0.05, 0.1) is 29.2 Å². The molecule has 34 heavy (non-hydrogen) atoms. The van der Waals surface area contributed by atoms with E-state index in [1.807, 2.05) is 0 Å². The lowest BCUT2D eigenvalue weighted by molar-refractivity contribution is -0.384. The molecule has 170 valence electrons. The molecule has 5 rings (SSSR count). The van der Waals surface area contributed by atoms with Crippen LogP contribution in [0.15, 0.2) is 66.7 Å². The number of rotatable bonds is 5. The second-order valence-electron chi connectivity index (χ2n) is 7.82. The fraction of sp³-hybridized carbons (Fsp3) is 0.125. The van der Waals surface area contributed by atoms with Crippen molar-refractivity contribution in [2.24, 2.45) is 0 Å². The zero-order chi connectivity index (χ0) is 24.1. The number of β-lactam (4-membered cyclic amide) rings is 1. The monoisotopic (exact) mass is 461 g/mol. The highest BCUT2D eigenvalue weighted by Crippen LogP contribution is 2.45. The highest BCUT2D eigenvalue weighted by atomic mass is 19.1. The number of halogens is 1. The highest BCUT2D eigenvalue weighted by Gasteiger charge is 2.57. The lowest BCUT2D eigenvalue weighted by Gasteiger charge is -2.49. The van der Waals surface area contributed by atoms with E-state index in [-0.39, 0.29) is 16.8 Å². The largest absolute Gasteiger partial charge is 0.497 e. The number of hydrogen-bond acceptors (Lipinski definition) is 6. The molecule has 0 aromatic heterocycles. The summed E-state index contributed by atoms with van der Waals surface area (Å²) in [7, 11) is 1.47. The van der Waals surface area contributed by atoms with Gasteiger partial charge in [0.25, 0.3) is 23.4 Å². The molecular formula is C24H16FN3O6. The van der Waals surface area contributed by atoms with Gasteiger partial charge < -0.3 is 9.64 Å². The van der Waals surface area contributed by atoms with Crippen LogP contribution in [0.3, 0.4) is 0 Å². The van der Waals surface area contributed by atoms with Crippen molar-refractivity contribution in [3.05, 3.63) is 99.4 Å². The van der Waals surface area contributed by atoms with E-state index in [2.05, 4.69) is 0 Å². The van der Waals surface area contributed by atoms with Gasteiger partial charge in [0.1, 0.15) is 17.6 Å². The maximum absolute atomic E-state index is 14.1. The molecular weight excluding hydrogens is 445 g/mol. The lowest BCUT2D eigenvalue weighted by Crippen LogP contribution is -2.67. The van der Waals surface area contributed by atoms with E-state index in [0.717, 1.165) is 17.0 Å². The molecule has 0 aliphatic carbocycles. The van der Waals surface area contributed by atoms with E-state index >= 15 is 0 Å². The minimum Gasteiger partial charge on any atom is -0.497 e. The number of anilines is 1. The summed E-state index contributed by atoms with van der Waals surface area (Å²) in [6.45, 7) is 0. The fourth-order valence-corrected chi connectivity index (χ4v) is 4.41. The zero-order valence-corrected chi connectivity index (χ0v) is 17.7. The number of amides is 3. The summed E-state index contributed by atoms with van der Waals surface area (Å²) in [5.41, 5.74) is 0.310. The van der Waals surface area contributed by atoms with E-state index in [0.29, 0.717) is 17.0 Å². The number of carbonyl (C=O) groups is 3.